The van der Waals surface area contributed by atoms with E-state index in [-0.39, 0.29) is 11.8 Å². The van der Waals surface area contributed by atoms with Gasteiger partial charge in [0, 0.05) is 6.42 Å². The number of nitrogens with one attached hydrogen (secondary N) is 1. The van der Waals surface area contributed by atoms with Gasteiger partial charge in [0.25, 0.3) is 0 Å². The lowest BCUT2D eigenvalue weighted by Gasteiger charge is -2.52. The molecule has 1 saturated carbocycles. The van der Waals surface area contributed by atoms with Crippen LogP contribution in [0.1, 0.15) is 48.0 Å². The van der Waals surface area contributed by atoms with Crippen molar-refractivity contribution < 1.29 is 14.2 Å². The van der Waals surface area contributed by atoms with Gasteiger partial charge in [-0.1, -0.05) is 72.8 Å². The van der Waals surface area contributed by atoms with Crippen molar-refractivity contribution >= 4 is 5.90 Å². The first-order chi connectivity index (χ1) is 19.0. The van der Waals surface area contributed by atoms with Gasteiger partial charge in [-0.3, -0.25) is 5.41 Å². The minimum absolute atomic E-state index is 0.0940. The number of ether oxygens (including phenoxy) is 3. The Bertz CT molecular complexity index is 1520. The second-order valence-electron chi connectivity index (χ2n) is 10.5. The van der Waals surface area contributed by atoms with Gasteiger partial charge in [0.2, 0.25) is 17.1 Å². The van der Waals surface area contributed by atoms with E-state index in [0.717, 1.165) is 17.5 Å². The summed E-state index contributed by atoms with van der Waals surface area (Å²) in [5.41, 5.74) is -1.13. The third-order valence-corrected chi connectivity index (χ3v) is 8.59. The number of benzene rings is 3. The lowest BCUT2D eigenvalue weighted by atomic mass is 9.50. The number of hydrogen-bond acceptors (Lipinski definition) is 7. The average molecular weight is 515 g/mol. The van der Waals surface area contributed by atoms with E-state index in [1.54, 1.807) is 24.3 Å². The van der Waals surface area contributed by atoms with E-state index in [0.29, 0.717) is 30.8 Å². The zero-order valence-electron chi connectivity index (χ0n) is 21.2. The fourth-order valence-electron chi connectivity index (χ4n) is 6.68. The molecule has 0 radical (unpaired) electrons. The monoisotopic (exact) mass is 514 g/mol. The maximum atomic E-state index is 10.7. The minimum Gasteiger partial charge on any atom is -0.489 e. The molecule has 39 heavy (non-hydrogen) atoms. The van der Waals surface area contributed by atoms with Crippen LogP contribution in [0.5, 0.6) is 5.75 Å². The van der Waals surface area contributed by atoms with Gasteiger partial charge in [0.05, 0.1) is 24.1 Å². The molecule has 0 amide bonds. The standard InChI is InChI=1S/C32H26N4O3/c33-19-30(20-34)28(25-12-7-13-26(16-25)37-18-22-8-3-1-4-9-22)38-32-15-14-24(23-10-5-2-6-11-23)17-27(32)31(30,21-35)29(36)39-32/h1-13,16,24,27-28,36H,14-15,17-18H2. The molecule has 3 aromatic rings. The van der Waals surface area contributed by atoms with Crippen LogP contribution < -0.4 is 4.74 Å². The van der Waals surface area contributed by atoms with Crippen molar-refractivity contribution in [1.29, 1.82) is 21.2 Å². The molecule has 6 rings (SSSR count). The summed E-state index contributed by atoms with van der Waals surface area (Å²) in [4.78, 5) is 0. The predicted molar refractivity (Wildman–Crippen MR) is 141 cm³/mol. The van der Waals surface area contributed by atoms with E-state index >= 15 is 0 Å². The molecule has 5 unspecified atom stereocenters. The first-order valence-corrected chi connectivity index (χ1v) is 13.0. The van der Waals surface area contributed by atoms with Crippen LogP contribution in [0.25, 0.3) is 0 Å². The summed E-state index contributed by atoms with van der Waals surface area (Å²) in [5.74, 6) is -1.62. The van der Waals surface area contributed by atoms with Crippen molar-refractivity contribution in [2.24, 2.45) is 16.7 Å². The fraction of sp³-hybridized carbons (Fsp3) is 0.312. The molecule has 2 saturated heterocycles. The average Bonchev–Trinajstić information content (AvgIpc) is 3.20. The third kappa shape index (κ3) is 3.53. The smallest absolute Gasteiger partial charge is 0.217 e. The Labute approximate surface area is 227 Å². The van der Waals surface area contributed by atoms with E-state index in [1.165, 1.54) is 0 Å². The summed E-state index contributed by atoms with van der Waals surface area (Å²) in [5, 5.41) is 40.8. The highest BCUT2D eigenvalue weighted by Gasteiger charge is 2.81. The molecule has 0 aromatic heterocycles. The SMILES string of the molecule is N#CC1(C#N)C(c2cccc(OCc3ccccc3)c2)OC23CCC(c4ccccc4)CC2C1(C#N)C(=N)O3. The topological polar surface area (TPSA) is 123 Å². The Balaban J connectivity index is 1.40. The van der Waals surface area contributed by atoms with Crippen molar-refractivity contribution in [3.05, 3.63) is 102 Å². The molecule has 7 heteroatoms. The molecule has 1 N–H and O–H groups in total. The highest BCUT2D eigenvalue weighted by atomic mass is 16.7. The van der Waals surface area contributed by atoms with E-state index in [2.05, 4.69) is 18.2 Å². The van der Waals surface area contributed by atoms with Crippen molar-refractivity contribution in [3.63, 3.8) is 0 Å². The number of hydrogen-bond donors (Lipinski definition) is 1. The van der Waals surface area contributed by atoms with Crippen LogP contribution in [-0.2, 0) is 16.1 Å². The molecule has 192 valence electrons. The van der Waals surface area contributed by atoms with Gasteiger partial charge in [0.1, 0.15) is 18.5 Å². The predicted octanol–water partition coefficient (Wildman–Crippen LogP) is 6.17. The maximum Gasteiger partial charge on any atom is 0.217 e. The quantitative estimate of drug-likeness (QED) is 0.434. The Hall–Kier alpha value is -4.64. The summed E-state index contributed by atoms with van der Waals surface area (Å²) in [6, 6.07) is 33.4. The molecule has 2 bridgehead atoms. The van der Waals surface area contributed by atoms with Crippen LogP contribution in [0.4, 0.5) is 0 Å². The fourth-order valence-corrected chi connectivity index (χ4v) is 6.68. The van der Waals surface area contributed by atoms with Crippen LogP contribution >= 0.6 is 0 Å². The van der Waals surface area contributed by atoms with Crippen LogP contribution in [0.3, 0.4) is 0 Å². The molecule has 3 aromatic carbocycles. The largest absolute Gasteiger partial charge is 0.489 e. The molecule has 2 aliphatic heterocycles. The molecular formula is C32H26N4O3. The summed E-state index contributed by atoms with van der Waals surface area (Å²) >= 11 is 0. The number of nitrogens with zero attached hydrogens (tertiary/aromatic N) is 3. The number of nitriles is 3. The molecule has 3 aliphatic rings. The van der Waals surface area contributed by atoms with E-state index in [1.807, 2.05) is 60.7 Å². The van der Waals surface area contributed by atoms with Gasteiger partial charge in [-0.05, 0) is 47.6 Å². The Morgan fingerprint density at radius 2 is 1.56 bits per heavy atom. The molecule has 0 spiro atoms. The highest BCUT2D eigenvalue weighted by Crippen LogP contribution is 2.70. The van der Waals surface area contributed by atoms with Gasteiger partial charge >= 0.3 is 0 Å². The summed E-state index contributed by atoms with van der Waals surface area (Å²) in [7, 11) is 0. The Kier molecular flexibility index (Phi) is 5.87. The molecule has 1 aliphatic carbocycles. The van der Waals surface area contributed by atoms with E-state index < -0.39 is 28.6 Å². The van der Waals surface area contributed by atoms with Crippen LogP contribution in [0.15, 0.2) is 84.9 Å². The van der Waals surface area contributed by atoms with Crippen molar-refractivity contribution in [3.8, 4) is 24.0 Å². The van der Waals surface area contributed by atoms with Crippen LogP contribution in [-0.4, -0.2) is 11.7 Å². The molecule has 3 fully saturated rings. The second kappa shape index (κ2) is 9.28. The summed E-state index contributed by atoms with van der Waals surface area (Å²) in [6.07, 6.45) is 0.531. The van der Waals surface area contributed by atoms with E-state index in [9.17, 15) is 15.8 Å². The highest BCUT2D eigenvalue weighted by molar-refractivity contribution is 5.89. The van der Waals surface area contributed by atoms with Crippen molar-refractivity contribution in [2.45, 2.75) is 43.7 Å². The summed E-state index contributed by atoms with van der Waals surface area (Å²) in [6.45, 7) is 0.347. The van der Waals surface area contributed by atoms with E-state index in [4.69, 9.17) is 19.6 Å². The zero-order valence-corrected chi connectivity index (χ0v) is 21.2. The summed E-state index contributed by atoms with van der Waals surface area (Å²) < 4.78 is 18.8. The zero-order chi connectivity index (χ0) is 27.1. The van der Waals surface area contributed by atoms with Gasteiger partial charge in [-0.2, -0.15) is 15.8 Å². The molecule has 5 atom stereocenters. The van der Waals surface area contributed by atoms with Gasteiger partial charge in [-0.25, -0.2) is 0 Å². The molecular weight excluding hydrogens is 488 g/mol. The normalized spacial score (nSPS) is 30.1. The molecule has 2 heterocycles. The van der Waals surface area contributed by atoms with Gasteiger partial charge in [0.15, 0.2) is 5.41 Å². The minimum atomic E-state index is -2.00. The van der Waals surface area contributed by atoms with Crippen molar-refractivity contribution in [1.82, 2.24) is 0 Å². The van der Waals surface area contributed by atoms with Crippen LogP contribution in [0.2, 0.25) is 0 Å². The lowest BCUT2D eigenvalue weighted by Crippen LogP contribution is -2.60. The van der Waals surface area contributed by atoms with Gasteiger partial charge in [-0.15, -0.1) is 0 Å². The van der Waals surface area contributed by atoms with Crippen molar-refractivity contribution in [2.75, 3.05) is 0 Å². The Morgan fingerprint density at radius 1 is 0.872 bits per heavy atom. The maximum absolute atomic E-state index is 10.7. The first kappa shape index (κ1) is 24.7. The first-order valence-electron chi connectivity index (χ1n) is 13.0. The molecule has 7 nitrogen and oxygen atoms in total. The Morgan fingerprint density at radius 3 is 2.26 bits per heavy atom. The van der Waals surface area contributed by atoms with Crippen LogP contribution in [0, 0.1) is 56.2 Å². The number of rotatable bonds is 5. The lowest BCUT2D eigenvalue weighted by molar-refractivity contribution is -0.296. The third-order valence-electron chi connectivity index (χ3n) is 8.59. The second-order valence-corrected chi connectivity index (χ2v) is 10.5. The van der Waals surface area contributed by atoms with Gasteiger partial charge < -0.3 is 14.2 Å².